The van der Waals surface area contributed by atoms with Crippen molar-refractivity contribution in [2.75, 3.05) is 0 Å². The van der Waals surface area contributed by atoms with E-state index < -0.39 is 0 Å². The van der Waals surface area contributed by atoms with Gasteiger partial charge in [0, 0.05) is 16.5 Å². The molecule has 0 fully saturated rings. The van der Waals surface area contributed by atoms with Gasteiger partial charge >= 0.3 is 0 Å². The quantitative estimate of drug-likeness (QED) is 0.457. The van der Waals surface area contributed by atoms with Crippen molar-refractivity contribution in [3.63, 3.8) is 0 Å². The minimum absolute atomic E-state index is 0.787. The van der Waals surface area contributed by atoms with E-state index in [9.17, 15) is 0 Å². The second-order valence-corrected chi connectivity index (χ2v) is 4.96. The highest BCUT2D eigenvalue weighted by molar-refractivity contribution is 6.32. The smallest absolute Gasteiger partial charge is 0.113 e. The van der Waals surface area contributed by atoms with Gasteiger partial charge in [0.05, 0.1) is 11.0 Å². The summed E-state index contributed by atoms with van der Waals surface area (Å²) in [6.45, 7) is 0. The molecule has 2 heteroatoms. The largest absolute Gasteiger partial charge is 0.309 e. The van der Waals surface area contributed by atoms with Gasteiger partial charge in [0.25, 0.3) is 0 Å². The number of benzene rings is 3. The lowest BCUT2D eigenvalue weighted by molar-refractivity contribution is 1.18. The SMILES string of the molecule is [B]c1ccc(-n2c3ccccc3c3ccccc32)cc1. The molecule has 0 aliphatic carbocycles. The Bertz CT molecular complexity index is 850. The second-order valence-electron chi connectivity index (χ2n) is 4.96. The zero-order valence-corrected chi connectivity index (χ0v) is 11.0. The van der Waals surface area contributed by atoms with E-state index in [2.05, 4.69) is 65.2 Å². The molecule has 0 atom stereocenters. The number of hydrogen-bond acceptors (Lipinski definition) is 0. The lowest BCUT2D eigenvalue weighted by Crippen LogP contribution is -2.02. The van der Waals surface area contributed by atoms with E-state index >= 15 is 0 Å². The molecule has 92 valence electrons. The van der Waals surface area contributed by atoms with Crippen LogP contribution < -0.4 is 5.46 Å². The standard InChI is InChI=1S/C18H12BN/c19-13-9-11-14(12-10-13)20-17-7-3-1-5-15(17)16-6-2-4-8-18(16)20/h1-12H. The van der Waals surface area contributed by atoms with E-state index in [0.717, 1.165) is 11.2 Å². The Morgan fingerprint density at radius 1 is 0.600 bits per heavy atom. The summed E-state index contributed by atoms with van der Waals surface area (Å²) in [7, 11) is 5.80. The van der Waals surface area contributed by atoms with Gasteiger partial charge in [0.15, 0.2) is 0 Å². The van der Waals surface area contributed by atoms with Crippen molar-refractivity contribution in [1.29, 1.82) is 0 Å². The molecule has 0 aliphatic heterocycles. The Balaban J connectivity index is 2.17. The van der Waals surface area contributed by atoms with Gasteiger partial charge in [-0.2, -0.15) is 0 Å². The summed E-state index contributed by atoms with van der Waals surface area (Å²) in [4.78, 5) is 0. The number of rotatable bonds is 1. The van der Waals surface area contributed by atoms with E-state index in [1.165, 1.54) is 21.8 Å². The summed E-state index contributed by atoms with van der Waals surface area (Å²) in [6.07, 6.45) is 0. The lowest BCUT2D eigenvalue weighted by Gasteiger charge is -2.07. The minimum Gasteiger partial charge on any atom is -0.309 e. The molecule has 0 unspecified atom stereocenters. The van der Waals surface area contributed by atoms with E-state index in [4.69, 9.17) is 7.85 Å². The van der Waals surface area contributed by atoms with Crippen molar-refractivity contribution < 1.29 is 0 Å². The van der Waals surface area contributed by atoms with Crippen LogP contribution in [0.4, 0.5) is 0 Å². The first kappa shape index (κ1) is 11.4. The van der Waals surface area contributed by atoms with Crippen LogP contribution in [0.1, 0.15) is 0 Å². The fourth-order valence-corrected chi connectivity index (χ4v) is 2.82. The third-order valence-electron chi connectivity index (χ3n) is 3.73. The molecule has 4 aromatic rings. The Morgan fingerprint density at radius 3 is 1.65 bits per heavy atom. The average Bonchev–Trinajstić information content (AvgIpc) is 2.83. The summed E-state index contributed by atoms with van der Waals surface area (Å²) in [5.41, 5.74) is 4.36. The van der Waals surface area contributed by atoms with Crippen LogP contribution in [0.2, 0.25) is 0 Å². The molecule has 20 heavy (non-hydrogen) atoms. The normalized spacial score (nSPS) is 11.2. The molecule has 3 aromatic carbocycles. The molecule has 0 bridgehead atoms. The first-order chi connectivity index (χ1) is 9.84. The van der Waals surface area contributed by atoms with Gasteiger partial charge in [-0.3, -0.25) is 0 Å². The number of aromatic nitrogens is 1. The maximum absolute atomic E-state index is 5.80. The number of nitrogens with zero attached hydrogens (tertiary/aromatic N) is 1. The summed E-state index contributed by atoms with van der Waals surface area (Å²) < 4.78 is 2.28. The van der Waals surface area contributed by atoms with Gasteiger partial charge in [0.2, 0.25) is 0 Å². The molecule has 1 nitrogen and oxygen atoms in total. The average molecular weight is 253 g/mol. The van der Waals surface area contributed by atoms with Crippen molar-refractivity contribution in [2.24, 2.45) is 0 Å². The predicted molar refractivity (Wildman–Crippen MR) is 86.2 cm³/mol. The van der Waals surface area contributed by atoms with E-state index in [1.807, 2.05) is 12.1 Å². The van der Waals surface area contributed by atoms with Crippen molar-refractivity contribution in [2.45, 2.75) is 0 Å². The molecule has 0 aliphatic rings. The zero-order chi connectivity index (χ0) is 13.5. The highest BCUT2D eigenvalue weighted by atomic mass is 15.0. The Morgan fingerprint density at radius 2 is 1.10 bits per heavy atom. The maximum atomic E-state index is 5.80. The molecule has 0 amide bonds. The van der Waals surface area contributed by atoms with Gasteiger partial charge in [-0.25, -0.2) is 0 Å². The molecule has 0 spiro atoms. The molecule has 4 rings (SSSR count). The molecule has 1 aromatic heterocycles. The van der Waals surface area contributed by atoms with E-state index in [-0.39, 0.29) is 0 Å². The monoisotopic (exact) mass is 253 g/mol. The molecule has 2 radical (unpaired) electrons. The first-order valence-electron chi connectivity index (χ1n) is 6.69. The van der Waals surface area contributed by atoms with E-state index in [1.54, 1.807) is 0 Å². The summed E-state index contributed by atoms with van der Waals surface area (Å²) >= 11 is 0. The van der Waals surface area contributed by atoms with Crippen LogP contribution >= 0.6 is 0 Å². The lowest BCUT2D eigenvalue weighted by atomic mass is 9.96. The van der Waals surface area contributed by atoms with E-state index in [0.29, 0.717) is 0 Å². The molecule has 0 saturated heterocycles. The Kier molecular flexibility index (Phi) is 2.43. The fraction of sp³-hybridized carbons (Fsp3) is 0. The molecule has 0 N–H and O–H groups in total. The van der Waals surface area contributed by atoms with Crippen molar-refractivity contribution in [3.05, 3.63) is 72.8 Å². The number of para-hydroxylation sites is 2. The van der Waals surface area contributed by atoms with Gasteiger partial charge in [-0.1, -0.05) is 54.0 Å². The molecular weight excluding hydrogens is 241 g/mol. The molecular formula is C18H12BN. The Hall–Kier alpha value is -2.48. The van der Waals surface area contributed by atoms with Crippen LogP contribution in [0, 0.1) is 0 Å². The van der Waals surface area contributed by atoms with Crippen LogP contribution in [-0.4, -0.2) is 12.4 Å². The van der Waals surface area contributed by atoms with Crippen LogP contribution in [0.5, 0.6) is 0 Å². The highest BCUT2D eigenvalue weighted by Crippen LogP contribution is 2.31. The second kappa shape index (κ2) is 4.27. The van der Waals surface area contributed by atoms with Crippen LogP contribution in [-0.2, 0) is 0 Å². The summed E-state index contributed by atoms with van der Waals surface area (Å²) in [5.74, 6) is 0. The summed E-state index contributed by atoms with van der Waals surface area (Å²) in [5, 5.41) is 2.56. The van der Waals surface area contributed by atoms with Crippen molar-refractivity contribution in [1.82, 2.24) is 4.57 Å². The van der Waals surface area contributed by atoms with Crippen LogP contribution in [0.3, 0.4) is 0 Å². The van der Waals surface area contributed by atoms with Gasteiger partial charge < -0.3 is 4.57 Å². The van der Waals surface area contributed by atoms with Crippen LogP contribution in [0.15, 0.2) is 72.8 Å². The fourth-order valence-electron chi connectivity index (χ4n) is 2.82. The highest BCUT2D eigenvalue weighted by Gasteiger charge is 2.10. The predicted octanol–water partition coefficient (Wildman–Crippen LogP) is 3.58. The molecule has 0 saturated carbocycles. The van der Waals surface area contributed by atoms with Gasteiger partial charge in [-0.05, 0) is 24.3 Å². The van der Waals surface area contributed by atoms with Crippen LogP contribution in [0.25, 0.3) is 27.5 Å². The Labute approximate surface area is 118 Å². The third kappa shape index (κ3) is 1.58. The minimum atomic E-state index is 0.787. The van der Waals surface area contributed by atoms with Crippen molar-refractivity contribution in [3.8, 4) is 5.69 Å². The number of hydrogen-bond donors (Lipinski definition) is 0. The summed E-state index contributed by atoms with van der Waals surface area (Å²) in [6, 6.07) is 25.0. The van der Waals surface area contributed by atoms with Gasteiger partial charge in [-0.15, -0.1) is 0 Å². The first-order valence-corrected chi connectivity index (χ1v) is 6.69. The maximum Gasteiger partial charge on any atom is 0.113 e. The third-order valence-corrected chi connectivity index (χ3v) is 3.73. The molecule has 1 heterocycles. The number of fused-ring (bicyclic) bond motifs is 3. The topological polar surface area (TPSA) is 4.93 Å². The zero-order valence-electron chi connectivity index (χ0n) is 11.0. The van der Waals surface area contributed by atoms with Gasteiger partial charge in [0.1, 0.15) is 7.85 Å². The van der Waals surface area contributed by atoms with Crippen molar-refractivity contribution >= 4 is 35.1 Å².